The number of amides is 1. The lowest BCUT2D eigenvalue weighted by atomic mass is 10.0. The molecule has 1 unspecified atom stereocenters. The van der Waals surface area contributed by atoms with Crippen molar-refractivity contribution in [3.05, 3.63) is 53.1 Å². The second-order valence-corrected chi connectivity index (χ2v) is 7.40. The van der Waals surface area contributed by atoms with Crippen molar-refractivity contribution in [3.63, 3.8) is 0 Å². The Bertz CT molecular complexity index is 835. The lowest BCUT2D eigenvalue weighted by Crippen LogP contribution is -3.11. The Kier molecular flexibility index (Phi) is 6.57. The van der Waals surface area contributed by atoms with Gasteiger partial charge in [-0.05, 0) is 36.6 Å². The molecule has 1 heterocycles. The van der Waals surface area contributed by atoms with Gasteiger partial charge in [-0.2, -0.15) is 0 Å². The van der Waals surface area contributed by atoms with Gasteiger partial charge in [0.15, 0.2) is 6.54 Å². The molecule has 1 amide bonds. The summed E-state index contributed by atoms with van der Waals surface area (Å²) in [5, 5.41) is 3.16. The van der Waals surface area contributed by atoms with Crippen LogP contribution in [0.4, 0.5) is 5.69 Å². The lowest BCUT2D eigenvalue weighted by molar-refractivity contribution is -0.910. The minimum atomic E-state index is 0.0679. The van der Waals surface area contributed by atoms with Gasteiger partial charge in [-0.25, -0.2) is 0 Å². The summed E-state index contributed by atoms with van der Waals surface area (Å²) < 4.78 is 10.9. The summed E-state index contributed by atoms with van der Waals surface area (Å²) in [4.78, 5) is 14.1. The highest BCUT2D eigenvalue weighted by molar-refractivity contribution is 5.93. The number of carbonyl (C=O) groups is 1. The van der Waals surface area contributed by atoms with Gasteiger partial charge in [-0.1, -0.05) is 25.1 Å². The third-order valence-corrected chi connectivity index (χ3v) is 5.69. The molecule has 1 aliphatic heterocycles. The maximum atomic E-state index is 12.8. The second kappa shape index (κ2) is 9.11. The predicted octanol–water partition coefficient (Wildman–Crippen LogP) is 2.93. The van der Waals surface area contributed by atoms with Gasteiger partial charge in [0, 0.05) is 24.6 Å². The number of para-hydroxylation sites is 1. The number of likely N-dealkylation sites (tertiary alicyclic amines) is 1. The van der Waals surface area contributed by atoms with Gasteiger partial charge < -0.3 is 19.7 Å². The van der Waals surface area contributed by atoms with E-state index in [1.54, 1.807) is 14.2 Å². The molecular formula is C23H31N2O3+. The molecule has 28 heavy (non-hydrogen) atoms. The number of anilines is 1. The van der Waals surface area contributed by atoms with Crippen molar-refractivity contribution in [1.29, 1.82) is 0 Å². The van der Waals surface area contributed by atoms with Crippen LogP contribution in [0.3, 0.4) is 0 Å². The maximum absolute atomic E-state index is 12.8. The molecule has 2 aromatic carbocycles. The van der Waals surface area contributed by atoms with Gasteiger partial charge in [0.1, 0.15) is 17.5 Å². The van der Waals surface area contributed by atoms with Crippen LogP contribution in [0, 0.1) is 6.92 Å². The number of rotatable bonds is 7. The Balaban J connectivity index is 1.75. The molecule has 1 aliphatic rings. The van der Waals surface area contributed by atoms with E-state index >= 15 is 0 Å². The summed E-state index contributed by atoms with van der Waals surface area (Å²) in [5.41, 5.74) is 4.40. The topological polar surface area (TPSA) is 52.0 Å². The zero-order valence-corrected chi connectivity index (χ0v) is 17.3. The van der Waals surface area contributed by atoms with E-state index in [1.807, 2.05) is 31.2 Å². The Hall–Kier alpha value is -2.53. The molecule has 1 saturated heterocycles. The number of hydrogen-bond donors (Lipinski definition) is 2. The number of aryl methyl sites for hydroxylation is 2. The van der Waals surface area contributed by atoms with Crippen LogP contribution in [0.2, 0.25) is 0 Å². The Morgan fingerprint density at radius 1 is 1.21 bits per heavy atom. The van der Waals surface area contributed by atoms with Crippen LogP contribution in [0.15, 0.2) is 36.4 Å². The van der Waals surface area contributed by atoms with Crippen molar-refractivity contribution in [2.45, 2.75) is 39.2 Å². The highest BCUT2D eigenvalue weighted by atomic mass is 16.5. The molecule has 3 rings (SSSR count). The summed E-state index contributed by atoms with van der Waals surface area (Å²) in [6.07, 6.45) is 3.06. The third-order valence-electron chi connectivity index (χ3n) is 5.69. The van der Waals surface area contributed by atoms with Crippen LogP contribution in [-0.4, -0.2) is 33.2 Å². The minimum Gasteiger partial charge on any atom is -0.497 e. The molecule has 0 radical (unpaired) electrons. The maximum Gasteiger partial charge on any atom is 0.279 e. The first kappa shape index (κ1) is 20.2. The van der Waals surface area contributed by atoms with Crippen LogP contribution in [0.25, 0.3) is 0 Å². The number of ether oxygens (including phenoxy) is 2. The van der Waals surface area contributed by atoms with Crippen molar-refractivity contribution >= 4 is 11.6 Å². The zero-order chi connectivity index (χ0) is 20.1. The number of hydrogen-bond acceptors (Lipinski definition) is 3. The smallest absolute Gasteiger partial charge is 0.279 e. The number of benzene rings is 2. The molecule has 2 atom stereocenters. The van der Waals surface area contributed by atoms with E-state index < -0.39 is 0 Å². The fourth-order valence-corrected chi connectivity index (χ4v) is 4.20. The van der Waals surface area contributed by atoms with Gasteiger partial charge >= 0.3 is 0 Å². The highest BCUT2D eigenvalue weighted by Crippen LogP contribution is 2.31. The molecule has 5 heteroatoms. The van der Waals surface area contributed by atoms with Crippen molar-refractivity contribution < 1.29 is 19.2 Å². The molecule has 2 N–H and O–H groups in total. The second-order valence-electron chi connectivity index (χ2n) is 7.40. The average molecular weight is 384 g/mol. The molecular weight excluding hydrogens is 352 g/mol. The largest absolute Gasteiger partial charge is 0.497 e. The van der Waals surface area contributed by atoms with Crippen molar-refractivity contribution in [1.82, 2.24) is 0 Å². The number of nitrogens with one attached hydrogen (secondary N) is 2. The fourth-order valence-electron chi connectivity index (χ4n) is 4.20. The van der Waals surface area contributed by atoms with Gasteiger partial charge in [-0.15, -0.1) is 0 Å². The Morgan fingerprint density at radius 2 is 2.04 bits per heavy atom. The molecule has 1 fully saturated rings. The highest BCUT2D eigenvalue weighted by Gasteiger charge is 2.33. The van der Waals surface area contributed by atoms with E-state index in [9.17, 15) is 4.79 Å². The van der Waals surface area contributed by atoms with Gasteiger partial charge in [0.2, 0.25) is 0 Å². The van der Waals surface area contributed by atoms with Crippen LogP contribution in [0.5, 0.6) is 11.5 Å². The molecule has 0 saturated carbocycles. The standard InChI is InChI=1S/C23H30N2O3/c1-5-17-9-6-8-16(2)23(17)24-22(26)15-25-13-7-10-20(25)19-12-11-18(27-3)14-21(19)28-4/h6,8-9,11-12,14,20H,5,7,10,13,15H2,1-4H3,(H,24,26)/p+1/t20-/m0/s1. The first-order valence-electron chi connectivity index (χ1n) is 10.0. The van der Waals surface area contributed by atoms with E-state index in [4.69, 9.17) is 9.47 Å². The molecule has 0 spiro atoms. The van der Waals surface area contributed by atoms with Gasteiger partial charge in [0.05, 0.1) is 26.3 Å². The number of methoxy groups -OCH3 is 2. The first-order valence-corrected chi connectivity index (χ1v) is 10.0. The van der Waals surface area contributed by atoms with E-state index in [0.717, 1.165) is 54.1 Å². The van der Waals surface area contributed by atoms with Crippen LogP contribution >= 0.6 is 0 Å². The minimum absolute atomic E-state index is 0.0679. The van der Waals surface area contributed by atoms with Crippen molar-refractivity contribution in [2.24, 2.45) is 0 Å². The summed E-state index contributed by atoms with van der Waals surface area (Å²) in [5.74, 6) is 1.68. The molecule has 2 aromatic rings. The lowest BCUT2D eigenvalue weighted by Gasteiger charge is -2.23. The molecule has 150 valence electrons. The van der Waals surface area contributed by atoms with Crippen LogP contribution in [0.1, 0.15) is 42.5 Å². The average Bonchev–Trinajstić information content (AvgIpc) is 3.16. The van der Waals surface area contributed by atoms with Gasteiger partial charge in [-0.3, -0.25) is 4.79 Å². The quantitative estimate of drug-likeness (QED) is 0.773. The SMILES string of the molecule is CCc1cccc(C)c1NC(=O)C[NH+]1CCC[C@H]1c1ccc(OC)cc1OC. The molecule has 5 nitrogen and oxygen atoms in total. The molecule has 0 bridgehead atoms. The summed E-state index contributed by atoms with van der Waals surface area (Å²) in [6.45, 7) is 5.60. The monoisotopic (exact) mass is 383 g/mol. The zero-order valence-electron chi connectivity index (χ0n) is 17.3. The van der Waals surface area contributed by atoms with E-state index in [0.29, 0.717) is 6.54 Å². The van der Waals surface area contributed by atoms with Gasteiger partial charge in [0.25, 0.3) is 5.91 Å². The summed E-state index contributed by atoms with van der Waals surface area (Å²) in [6, 6.07) is 12.4. The van der Waals surface area contributed by atoms with Crippen molar-refractivity contribution in [2.75, 3.05) is 32.6 Å². The molecule has 0 aromatic heterocycles. The van der Waals surface area contributed by atoms with E-state index in [-0.39, 0.29) is 11.9 Å². The van der Waals surface area contributed by atoms with Crippen LogP contribution < -0.4 is 19.7 Å². The van der Waals surface area contributed by atoms with E-state index in [2.05, 4.69) is 24.4 Å². The Morgan fingerprint density at radius 3 is 2.75 bits per heavy atom. The predicted molar refractivity (Wildman–Crippen MR) is 111 cm³/mol. The molecule has 0 aliphatic carbocycles. The number of quaternary nitrogens is 1. The third kappa shape index (κ3) is 4.30. The van der Waals surface area contributed by atoms with Crippen molar-refractivity contribution in [3.8, 4) is 11.5 Å². The summed E-state index contributed by atoms with van der Waals surface area (Å²) in [7, 11) is 3.34. The fraction of sp³-hybridized carbons (Fsp3) is 0.435. The van der Waals surface area contributed by atoms with Crippen LogP contribution in [-0.2, 0) is 11.2 Å². The van der Waals surface area contributed by atoms with E-state index in [1.165, 1.54) is 10.5 Å². The first-order chi connectivity index (χ1) is 13.6. The normalized spacial score (nSPS) is 18.7. The number of carbonyl (C=O) groups excluding carboxylic acids is 1. The summed E-state index contributed by atoms with van der Waals surface area (Å²) >= 11 is 0. The Labute approximate surface area is 167 Å².